The molecule has 3 rings (SSSR count). The van der Waals surface area contributed by atoms with E-state index in [1.54, 1.807) is 13.2 Å². The number of aliphatic hydroxyl groups is 1. The number of hydrogen-bond donors (Lipinski definition) is 5. The van der Waals surface area contributed by atoms with Crippen molar-refractivity contribution < 1.29 is 44.7 Å². The molecule has 1 aromatic heterocycles. The number of phenols is 1. The van der Waals surface area contributed by atoms with Crippen molar-refractivity contribution in [2.45, 2.75) is 57.3 Å². The fourth-order valence-corrected chi connectivity index (χ4v) is 4.53. The van der Waals surface area contributed by atoms with Gasteiger partial charge in [-0.2, -0.15) is 0 Å². The molecule has 2 heterocycles. The third kappa shape index (κ3) is 10.2. The number of methoxy groups -OCH3 is 1. The molecule has 2 aromatic rings. The Kier molecular flexibility index (Phi) is 12.1. The van der Waals surface area contributed by atoms with Crippen LogP contribution >= 0.6 is 0 Å². The third-order valence-corrected chi connectivity index (χ3v) is 6.42. The lowest BCUT2D eigenvalue weighted by Gasteiger charge is -2.30. The molecule has 12 heteroatoms. The van der Waals surface area contributed by atoms with Gasteiger partial charge in [0.15, 0.2) is 17.1 Å². The van der Waals surface area contributed by atoms with E-state index < -0.39 is 36.4 Å². The Morgan fingerprint density at radius 2 is 1.79 bits per heavy atom. The molecule has 0 radical (unpaired) electrons. The minimum atomic E-state index is -2.74. The van der Waals surface area contributed by atoms with Crippen LogP contribution in [0.15, 0.2) is 42.6 Å². The van der Waals surface area contributed by atoms with Gasteiger partial charge in [-0.25, -0.2) is 4.79 Å². The highest BCUT2D eigenvalue weighted by Gasteiger charge is 2.40. The Morgan fingerprint density at radius 1 is 1.10 bits per heavy atom. The first-order chi connectivity index (χ1) is 18.5. The molecule has 12 nitrogen and oxygen atoms in total. The van der Waals surface area contributed by atoms with E-state index in [1.807, 2.05) is 30.5 Å². The number of pyridine rings is 1. The second-order valence-electron chi connectivity index (χ2n) is 9.40. The number of aromatic hydroxyl groups is 1. The predicted molar refractivity (Wildman–Crippen MR) is 140 cm³/mol. The lowest BCUT2D eigenvalue weighted by atomic mass is 9.96. The average molecular weight is 548 g/mol. The summed E-state index contributed by atoms with van der Waals surface area (Å²) in [5.74, 6) is -4.31. The number of ether oxygens (including phenoxy) is 1. The summed E-state index contributed by atoms with van der Waals surface area (Å²) in [4.78, 5) is 40.0. The largest absolute Gasteiger partial charge is 0.504 e. The molecule has 1 unspecified atom stereocenters. The number of carboxylic acids is 3. The highest BCUT2D eigenvalue weighted by atomic mass is 16.5. The Bertz CT molecular complexity index is 1080. The number of nitrogens with zero attached hydrogens (tertiary/aromatic N) is 3. The van der Waals surface area contributed by atoms with Crippen molar-refractivity contribution in [3.05, 3.63) is 53.9 Å². The molecule has 0 saturated carbocycles. The predicted octanol–water partition coefficient (Wildman–Crippen LogP) is 2.03. The van der Waals surface area contributed by atoms with Gasteiger partial charge in [0.2, 0.25) is 0 Å². The maximum absolute atomic E-state index is 10.3. The van der Waals surface area contributed by atoms with Crippen LogP contribution in [0.4, 0.5) is 0 Å². The Balaban J connectivity index is 0.000000349. The summed E-state index contributed by atoms with van der Waals surface area (Å²) in [6, 6.07) is 12.3. The van der Waals surface area contributed by atoms with Crippen molar-refractivity contribution >= 4 is 17.9 Å². The van der Waals surface area contributed by atoms with Gasteiger partial charge in [0.1, 0.15) is 0 Å². The number of phenolic OH excluding ortho intramolecular Hbond substituents is 1. The van der Waals surface area contributed by atoms with Crippen LogP contribution in [0.5, 0.6) is 11.5 Å². The van der Waals surface area contributed by atoms with Gasteiger partial charge in [0.25, 0.3) is 0 Å². The van der Waals surface area contributed by atoms with E-state index in [0.717, 1.165) is 37.4 Å². The number of rotatable bonds is 13. The monoisotopic (exact) mass is 547 g/mol. The second kappa shape index (κ2) is 15.0. The van der Waals surface area contributed by atoms with Crippen molar-refractivity contribution in [2.75, 3.05) is 26.7 Å². The SMILES string of the molecule is CCN1CCCC1CN(Cc1ccc(OC)c(O)c1)Cc1ccccn1.O=C(O)CC(O)(CC(=O)O)C(=O)O. The number of aliphatic carboxylic acids is 3. The fourth-order valence-electron chi connectivity index (χ4n) is 4.53. The minimum absolute atomic E-state index is 0.193. The van der Waals surface area contributed by atoms with Gasteiger partial charge < -0.3 is 30.3 Å². The van der Waals surface area contributed by atoms with Gasteiger partial charge in [0.05, 0.1) is 25.6 Å². The number of carboxylic acid groups (broad SMARTS) is 3. The Morgan fingerprint density at radius 3 is 2.31 bits per heavy atom. The molecule has 0 amide bonds. The topological polar surface area (TPSA) is 181 Å². The number of carbonyl (C=O) groups is 3. The van der Waals surface area contributed by atoms with Crippen LogP contribution in [-0.4, -0.2) is 96.6 Å². The number of hydrogen-bond acceptors (Lipinski definition) is 9. The van der Waals surface area contributed by atoms with E-state index in [9.17, 15) is 19.5 Å². The van der Waals surface area contributed by atoms with Crippen LogP contribution in [0.1, 0.15) is 43.9 Å². The first kappa shape index (κ1) is 31.5. The number of aromatic nitrogens is 1. The molecule has 39 heavy (non-hydrogen) atoms. The van der Waals surface area contributed by atoms with E-state index in [-0.39, 0.29) is 5.75 Å². The van der Waals surface area contributed by atoms with E-state index in [0.29, 0.717) is 11.8 Å². The van der Waals surface area contributed by atoms with E-state index in [4.69, 9.17) is 25.2 Å². The van der Waals surface area contributed by atoms with Crippen molar-refractivity contribution in [1.29, 1.82) is 0 Å². The summed E-state index contributed by atoms with van der Waals surface area (Å²) in [5, 5.41) is 43.9. The first-order valence-electron chi connectivity index (χ1n) is 12.6. The molecular formula is C27H37N3O9. The van der Waals surface area contributed by atoms with Crippen molar-refractivity contribution in [3.63, 3.8) is 0 Å². The molecule has 1 aliphatic heterocycles. The van der Waals surface area contributed by atoms with Crippen LogP contribution in [-0.2, 0) is 27.5 Å². The van der Waals surface area contributed by atoms with Crippen molar-refractivity contribution in [1.82, 2.24) is 14.8 Å². The van der Waals surface area contributed by atoms with Gasteiger partial charge in [-0.3, -0.25) is 24.4 Å². The Hall–Kier alpha value is -3.74. The van der Waals surface area contributed by atoms with Crippen molar-refractivity contribution in [3.8, 4) is 11.5 Å². The summed E-state index contributed by atoms with van der Waals surface area (Å²) < 4.78 is 5.16. The molecule has 0 spiro atoms. The summed E-state index contributed by atoms with van der Waals surface area (Å²) in [5.41, 5.74) is -0.580. The smallest absolute Gasteiger partial charge is 0.336 e. The zero-order chi connectivity index (χ0) is 29.0. The van der Waals surface area contributed by atoms with Gasteiger partial charge in [0, 0.05) is 31.9 Å². The molecule has 0 bridgehead atoms. The summed E-state index contributed by atoms with van der Waals surface area (Å²) in [7, 11) is 1.57. The van der Waals surface area contributed by atoms with Crippen LogP contribution < -0.4 is 4.74 Å². The minimum Gasteiger partial charge on any atom is -0.504 e. The van der Waals surface area contributed by atoms with E-state index >= 15 is 0 Å². The molecule has 1 saturated heterocycles. The molecule has 0 aliphatic carbocycles. The molecule has 214 valence electrons. The molecule has 1 aliphatic rings. The highest BCUT2D eigenvalue weighted by Crippen LogP contribution is 2.27. The second-order valence-corrected chi connectivity index (χ2v) is 9.40. The molecule has 1 aromatic carbocycles. The lowest BCUT2D eigenvalue weighted by molar-refractivity contribution is -0.170. The van der Waals surface area contributed by atoms with Crippen molar-refractivity contribution in [2.24, 2.45) is 0 Å². The summed E-state index contributed by atoms with van der Waals surface area (Å²) >= 11 is 0. The third-order valence-electron chi connectivity index (χ3n) is 6.42. The van der Waals surface area contributed by atoms with Crippen LogP contribution in [0.3, 0.4) is 0 Å². The summed E-state index contributed by atoms with van der Waals surface area (Å²) in [6.45, 7) is 7.14. The zero-order valence-corrected chi connectivity index (χ0v) is 22.2. The zero-order valence-electron chi connectivity index (χ0n) is 22.2. The molecular weight excluding hydrogens is 510 g/mol. The fraction of sp³-hybridized carbons (Fsp3) is 0.481. The quantitative estimate of drug-likeness (QED) is 0.246. The molecule has 1 atom stereocenters. The summed E-state index contributed by atoms with van der Waals surface area (Å²) in [6.07, 6.45) is 2.09. The van der Waals surface area contributed by atoms with Crippen LogP contribution in [0.25, 0.3) is 0 Å². The Labute approximate surface area is 227 Å². The van der Waals surface area contributed by atoms with Crippen LogP contribution in [0, 0.1) is 0 Å². The normalized spacial score (nSPS) is 15.4. The number of likely N-dealkylation sites (N-methyl/N-ethyl adjacent to an activating group) is 1. The first-order valence-corrected chi connectivity index (χ1v) is 12.6. The highest BCUT2D eigenvalue weighted by molar-refractivity contribution is 5.88. The molecule has 5 N–H and O–H groups in total. The maximum atomic E-state index is 10.3. The van der Waals surface area contributed by atoms with Crippen LogP contribution in [0.2, 0.25) is 0 Å². The average Bonchev–Trinajstić information content (AvgIpc) is 3.31. The van der Waals surface area contributed by atoms with Gasteiger partial charge in [-0.15, -0.1) is 0 Å². The number of likely N-dealkylation sites (tertiary alicyclic amines) is 1. The van der Waals surface area contributed by atoms with Gasteiger partial charge in [-0.1, -0.05) is 19.1 Å². The lowest BCUT2D eigenvalue weighted by Crippen LogP contribution is -2.42. The maximum Gasteiger partial charge on any atom is 0.336 e. The van der Waals surface area contributed by atoms with E-state index in [2.05, 4.69) is 27.8 Å². The van der Waals surface area contributed by atoms with E-state index in [1.165, 1.54) is 19.4 Å². The van der Waals surface area contributed by atoms with Gasteiger partial charge >= 0.3 is 17.9 Å². The molecule has 1 fully saturated rings. The number of benzene rings is 1. The van der Waals surface area contributed by atoms with Gasteiger partial charge in [-0.05, 0) is 55.8 Å². The standard InChI is InChI=1S/C21H29N3O2.C6H8O7/c1-3-24-12-6-8-19(24)16-23(15-18-7-4-5-11-22-18)14-17-9-10-21(26-2)20(25)13-17;7-3(8)1-6(13,5(11)12)2-4(9)10/h4-5,7,9-11,13,19,25H,3,6,8,12,14-16H2,1-2H3;13H,1-2H2,(H,7,8)(H,9,10)(H,11,12).